The summed E-state index contributed by atoms with van der Waals surface area (Å²) in [5, 5.41) is 0. The Morgan fingerprint density at radius 2 is 1.17 bits per heavy atom. The Kier molecular flexibility index (Phi) is 36.7. The Balaban J connectivity index is 4.56. The zero-order valence-corrected chi connectivity index (χ0v) is 38.3. The molecule has 0 aromatic carbocycles. The molecule has 0 saturated heterocycles. The number of terminal acetylenes is 1. The summed E-state index contributed by atoms with van der Waals surface area (Å²) in [7, 11) is 0.463. The van der Waals surface area contributed by atoms with Gasteiger partial charge in [-0.15, -0.1) is 6.42 Å². The molecule has 316 valence electrons. The lowest BCUT2D eigenvalue weighted by atomic mass is 9.91. The largest absolute Gasteiger partial charge is 0.346 e. The van der Waals surface area contributed by atoms with Gasteiger partial charge in [0.05, 0.1) is 19.8 Å². The van der Waals surface area contributed by atoms with Crippen LogP contribution in [0.5, 0.6) is 0 Å². The van der Waals surface area contributed by atoms with E-state index in [1.165, 1.54) is 160 Å². The second-order valence-corrected chi connectivity index (χ2v) is 20.3. The van der Waals surface area contributed by atoms with E-state index in [1.54, 1.807) is 0 Å². The lowest BCUT2D eigenvalue weighted by molar-refractivity contribution is -0.0727. The zero-order chi connectivity index (χ0) is 39.4. The van der Waals surface area contributed by atoms with Gasteiger partial charge < -0.3 is 4.74 Å². The molecule has 0 aliphatic rings. The molecule has 5 heteroatoms. The van der Waals surface area contributed by atoms with Gasteiger partial charge in [-0.2, -0.15) is 10.6 Å². The molecule has 0 bridgehead atoms. The Bertz CT molecular complexity index is 852. The summed E-state index contributed by atoms with van der Waals surface area (Å²) in [4.78, 5) is 2.21. The molecule has 0 heterocycles. The van der Waals surface area contributed by atoms with E-state index in [-0.39, 0.29) is 6.29 Å². The number of hydrogen-bond donors (Lipinski definition) is 0. The van der Waals surface area contributed by atoms with Crippen LogP contribution in [0.4, 0.5) is 0 Å². The number of nitrogens with zero attached hydrogens (tertiary/aromatic N) is 1. The average Bonchev–Trinajstić information content (AvgIpc) is 3.09. The van der Waals surface area contributed by atoms with Crippen LogP contribution < -0.4 is 0 Å². The third kappa shape index (κ3) is 38.2. The summed E-state index contributed by atoms with van der Waals surface area (Å²) in [6.45, 7) is 17.4. The second kappa shape index (κ2) is 37.1. The quantitative estimate of drug-likeness (QED) is 0.0269. The number of ether oxygens (including phenoxy) is 1. The number of rotatable bonds is 40. The fourth-order valence-electron chi connectivity index (χ4n) is 7.21. The van der Waals surface area contributed by atoms with Crippen LogP contribution >= 0.6 is 10.6 Å². The summed E-state index contributed by atoms with van der Waals surface area (Å²) < 4.78 is 19.4. The highest BCUT2D eigenvalue weighted by Gasteiger charge is 2.18. The van der Waals surface area contributed by atoms with Gasteiger partial charge in [-0.1, -0.05) is 187 Å². The van der Waals surface area contributed by atoms with Crippen molar-refractivity contribution in [1.29, 1.82) is 0 Å². The lowest BCUT2D eigenvalue weighted by Crippen LogP contribution is -2.21. The molecule has 0 spiro atoms. The topological polar surface area (TPSA) is 30.9 Å². The van der Waals surface area contributed by atoms with Crippen molar-refractivity contribution in [2.75, 3.05) is 45.9 Å². The van der Waals surface area contributed by atoms with E-state index in [0.29, 0.717) is 6.61 Å². The number of hydrogen-bond acceptors (Lipinski definition) is 4. The van der Waals surface area contributed by atoms with Crippen LogP contribution in [0.25, 0.3) is 0 Å². The van der Waals surface area contributed by atoms with E-state index in [9.17, 15) is 0 Å². The van der Waals surface area contributed by atoms with Gasteiger partial charge in [-0.05, 0) is 70.4 Å². The van der Waals surface area contributed by atoms with Gasteiger partial charge in [0.1, 0.15) is 0 Å². The average molecular weight is 766 g/mol. The van der Waals surface area contributed by atoms with Gasteiger partial charge in [-0.3, -0.25) is 13.3 Å². The van der Waals surface area contributed by atoms with E-state index in [2.05, 4.69) is 78.0 Å². The predicted molar refractivity (Wildman–Crippen MR) is 240 cm³/mol. The Hall–Kier alpha value is -0.510. The first-order valence-corrected chi connectivity index (χ1v) is 25.2. The van der Waals surface area contributed by atoms with Crippen LogP contribution in [0.1, 0.15) is 215 Å². The maximum Gasteiger partial charge on any atom is 0.180 e. The molecular formula is C48H95NO3S. The van der Waals surface area contributed by atoms with E-state index in [0.717, 1.165) is 56.7 Å². The summed E-state index contributed by atoms with van der Waals surface area (Å²) >= 11 is 0. The second-order valence-electron chi connectivity index (χ2n) is 17.6. The molecule has 0 rings (SSSR count). The predicted octanol–water partition coefficient (Wildman–Crippen LogP) is 15.2. The minimum atomic E-state index is -1.63. The van der Waals surface area contributed by atoms with Gasteiger partial charge in [-0.25, -0.2) is 0 Å². The third-order valence-electron chi connectivity index (χ3n) is 10.9. The first-order chi connectivity index (χ1) is 25.5. The van der Waals surface area contributed by atoms with E-state index >= 15 is 0 Å². The van der Waals surface area contributed by atoms with Crippen molar-refractivity contribution >= 4 is 10.6 Å². The molecule has 4 nitrogen and oxygen atoms in total. The van der Waals surface area contributed by atoms with Crippen molar-refractivity contribution in [3.63, 3.8) is 0 Å². The normalized spacial score (nSPS) is 14.6. The first kappa shape index (κ1) is 52.5. The zero-order valence-electron chi connectivity index (χ0n) is 37.5. The van der Waals surface area contributed by atoms with Crippen molar-refractivity contribution in [2.45, 2.75) is 221 Å². The molecule has 0 aromatic heterocycles. The minimum absolute atomic E-state index is 0.198. The molecule has 0 fully saturated rings. The van der Waals surface area contributed by atoms with Gasteiger partial charge in [0.15, 0.2) is 6.29 Å². The van der Waals surface area contributed by atoms with E-state index in [1.807, 2.05) is 0 Å². The summed E-state index contributed by atoms with van der Waals surface area (Å²) in [6, 6.07) is 0. The lowest BCUT2D eigenvalue weighted by Gasteiger charge is -2.38. The monoisotopic (exact) mass is 766 g/mol. The summed E-state index contributed by atoms with van der Waals surface area (Å²) in [5.74, 6) is 5.27. The standard InChI is InChI=1S/C48H95NO3S/c1-11-13-14-15-16-17-18-19-20-21-22-23-26-38-48(52-53(9,10)51-42-28-25-24-27-41-49(8)40-12-2)50-43-39-47(7)37-31-36-46(6)35-30-34-45(5)33-29-32-44(3)4/h2,39,44-46,48H,11,13-38,40-43H2,1,3-10H3/b47-39+. The highest BCUT2D eigenvalue weighted by molar-refractivity contribution is 8.24. The van der Waals surface area contributed by atoms with Gasteiger partial charge >= 0.3 is 0 Å². The maximum atomic E-state index is 6.60. The third-order valence-corrected chi connectivity index (χ3v) is 12.3. The molecule has 0 aromatic rings. The van der Waals surface area contributed by atoms with Crippen molar-refractivity contribution in [3.8, 4) is 12.3 Å². The maximum absolute atomic E-state index is 6.60. The number of unbranched alkanes of at least 4 members (excludes halogenated alkanes) is 15. The van der Waals surface area contributed by atoms with Crippen molar-refractivity contribution in [2.24, 2.45) is 17.8 Å². The molecule has 0 aliphatic carbocycles. The molecular weight excluding hydrogens is 671 g/mol. The summed E-state index contributed by atoms with van der Waals surface area (Å²) in [6.07, 6.45) is 47.3. The fraction of sp³-hybridized carbons (Fsp3) is 0.917. The Labute approximate surface area is 336 Å². The summed E-state index contributed by atoms with van der Waals surface area (Å²) in [5.41, 5.74) is 1.45. The van der Waals surface area contributed by atoms with Crippen LogP contribution in [0.3, 0.4) is 0 Å². The highest BCUT2D eigenvalue weighted by Crippen LogP contribution is 2.44. The van der Waals surface area contributed by atoms with E-state index < -0.39 is 10.6 Å². The molecule has 0 amide bonds. The smallest absolute Gasteiger partial charge is 0.180 e. The van der Waals surface area contributed by atoms with Crippen LogP contribution in [-0.2, 0) is 13.1 Å². The molecule has 0 radical (unpaired) electrons. The number of allylic oxidation sites excluding steroid dienone is 1. The van der Waals surface area contributed by atoms with Gasteiger partial charge in [0.25, 0.3) is 0 Å². The molecule has 3 unspecified atom stereocenters. The molecule has 53 heavy (non-hydrogen) atoms. The van der Waals surface area contributed by atoms with Gasteiger partial charge in [0, 0.05) is 18.9 Å². The van der Waals surface area contributed by atoms with Crippen LogP contribution in [-0.4, -0.2) is 57.1 Å². The van der Waals surface area contributed by atoms with Crippen LogP contribution in [0.2, 0.25) is 0 Å². The highest BCUT2D eigenvalue weighted by atomic mass is 32.3. The van der Waals surface area contributed by atoms with Crippen LogP contribution in [0, 0.1) is 30.1 Å². The fourth-order valence-corrected chi connectivity index (χ4v) is 8.46. The SMILES string of the molecule is C#CCN(C)CCCCCCOS(C)(C)OC(CCCCCCCCCCCCCCC)OC/C=C(\C)CCCC(C)CCCC(C)CCCC(C)C. The molecule has 3 atom stereocenters. The van der Waals surface area contributed by atoms with Crippen molar-refractivity contribution in [3.05, 3.63) is 11.6 Å². The Morgan fingerprint density at radius 3 is 1.74 bits per heavy atom. The van der Waals surface area contributed by atoms with Crippen molar-refractivity contribution in [1.82, 2.24) is 4.90 Å². The molecule has 0 saturated carbocycles. The molecule has 0 aliphatic heterocycles. The van der Waals surface area contributed by atoms with Crippen molar-refractivity contribution < 1.29 is 13.1 Å². The Morgan fingerprint density at radius 1 is 0.660 bits per heavy atom. The van der Waals surface area contributed by atoms with E-state index in [4.69, 9.17) is 19.5 Å². The van der Waals surface area contributed by atoms with Gasteiger partial charge in [0.2, 0.25) is 0 Å². The first-order valence-electron chi connectivity index (χ1n) is 22.9. The minimum Gasteiger partial charge on any atom is -0.346 e. The molecule has 0 N–H and O–H groups in total. The van der Waals surface area contributed by atoms with Crippen LogP contribution in [0.15, 0.2) is 11.6 Å².